The van der Waals surface area contributed by atoms with E-state index in [1.807, 2.05) is 0 Å². The van der Waals surface area contributed by atoms with Gasteiger partial charge in [-0.1, -0.05) is 6.07 Å². The number of ketones is 1. The molecule has 3 rings (SSSR count). The van der Waals surface area contributed by atoms with Crippen LogP contribution in [-0.4, -0.2) is 47.3 Å². The Labute approximate surface area is 185 Å². The molecule has 0 saturated heterocycles. The summed E-state index contributed by atoms with van der Waals surface area (Å²) in [5.74, 6) is -5.26. The molecule has 0 saturated carbocycles. The summed E-state index contributed by atoms with van der Waals surface area (Å²) in [4.78, 5) is 28.3. The van der Waals surface area contributed by atoms with E-state index in [1.165, 1.54) is 6.07 Å². The van der Waals surface area contributed by atoms with Crippen LogP contribution in [0, 0.1) is 5.82 Å². The highest BCUT2D eigenvalue weighted by Gasteiger charge is 2.54. The summed E-state index contributed by atoms with van der Waals surface area (Å²) >= 11 is 0. The number of amidine groups is 1. The van der Waals surface area contributed by atoms with E-state index < -0.39 is 41.7 Å². The van der Waals surface area contributed by atoms with E-state index in [4.69, 9.17) is 20.4 Å². The normalized spacial score (nSPS) is 19.7. The van der Waals surface area contributed by atoms with Gasteiger partial charge in [0.1, 0.15) is 30.6 Å². The van der Waals surface area contributed by atoms with Gasteiger partial charge >= 0.3 is 0 Å². The molecule has 2 aromatic rings. The van der Waals surface area contributed by atoms with E-state index in [9.17, 15) is 26.7 Å². The molecule has 2 heterocycles. The maximum absolute atomic E-state index is 14.7. The number of pyridine rings is 1. The fourth-order valence-electron chi connectivity index (χ4n) is 3.11. The molecule has 0 bridgehead atoms. The summed E-state index contributed by atoms with van der Waals surface area (Å²) in [5, 5.41) is 6.89. The molecule has 178 valence electrons. The average molecular weight is 473 g/mol. The van der Waals surface area contributed by atoms with Gasteiger partial charge in [0.2, 0.25) is 0 Å². The summed E-state index contributed by atoms with van der Waals surface area (Å²) in [6, 6.07) is 5.58. The monoisotopic (exact) mass is 473 g/mol. The molecule has 1 aromatic heterocycles. The number of nitrogens with two attached hydrogens (primary N) is 1. The molecular weight excluding hydrogens is 453 g/mol. The first-order valence-electron chi connectivity index (χ1n) is 9.39. The Hall–Kier alpha value is -3.41. The Bertz CT molecular complexity index is 1030. The second kappa shape index (κ2) is 10.5. The second-order valence-corrected chi connectivity index (χ2v) is 7.17. The molecule has 7 nitrogen and oxygen atoms in total. The minimum Gasteiger partial charge on any atom is -0.483 e. The number of rotatable bonds is 5. The van der Waals surface area contributed by atoms with Gasteiger partial charge in [-0.3, -0.25) is 19.6 Å². The predicted octanol–water partition coefficient (Wildman–Crippen LogP) is 3.52. The van der Waals surface area contributed by atoms with Crippen molar-refractivity contribution in [1.82, 2.24) is 4.98 Å². The van der Waals surface area contributed by atoms with E-state index in [-0.39, 0.29) is 42.2 Å². The molecule has 1 aliphatic heterocycles. The van der Waals surface area contributed by atoms with E-state index in [1.54, 1.807) is 0 Å². The molecular formula is C21H20F5N3O4. The number of nitrogens with zero attached hydrogens (tertiary/aromatic N) is 2. The van der Waals surface area contributed by atoms with Gasteiger partial charge < -0.3 is 15.6 Å². The number of ether oxygens (including phenoxy) is 1. The van der Waals surface area contributed by atoms with E-state index in [2.05, 4.69) is 9.98 Å². The van der Waals surface area contributed by atoms with Crippen molar-refractivity contribution in [3.63, 3.8) is 0 Å². The highest BCUT2D eigenvalue weighted by atomic mass is 19.3. The second-order valence-electron chi connectivity index (χ2n) is 7.17. The minimum absolute atomic E-state index is 0.0769. The summed E-state index contributed by atoms with van der Waals surface area (Å²) in [7, 11) is 0. The number of hydrogen-bond acceptors (Lipinski definition) is 6. The van der Waals surface area contributed by atoms with Gasteiger partial charge in [0.15, 0.2) is 11.3 Å². The number of halogens is 5. The number of alkyl halides is 4. The van der Waals surface area contributed by atoms with Gasteiger partial charge in [0, 0.05) is 23.7 Å². The van der Waals surface area contributed by atoms with Crippen molar-refractivity contribution in [1.29, 1.82) is 0 Å². The summed E-state index contributed by atoms with van der Waals surface area (Å²) in [6.45, 7) is -0.523. The van der Waals surface area contributed by atoms with E-state index in [0.29, 0.717) is 0 Å². The lowest BCUT2D eigenvalue weighted by atomic mass is 9.84. The van der Waals surface area contributed by atoms with Crippen molar-refractivity contribution < 1.29 is 41.4 Å². The molecule has 12 heteroatoms. The zero-order chi connectivity index (χ0) is 24.8. The molecule has 0 radical (unpaired) electrons. The van der Waals surface area contributed by atoms with Crippen LogP contribution in [0.15, 0.2) is 41.5 Å². The van der Waals surface area contributed by atoms with Crippen LogP contribution in [0.3, 0.4) is 0 Å². The lowest BCUT2D eigenvalue weighted by molar-refractivity contribution is -0.122. The predicted molar refractivity (Wildman–Crippen MR) is 107 cm³/mol. The highest BCUT2D eigenvalue weighted by Crippen LogP contribution is 2.43. The number of carboxylic acid groups (broad SMARTS) is 1. The smallest absolute Gasteiger partial charge is 0.299 e. The molecule has 1 aromatic carbocycles. The number of carbonyl (C=O) groups is 2. The average Bonchev–Trinajstić information content (AvgIpc) is 2.85. The standard InChI is InChI=1S/C20H18F5N3O2.CH2O2/c1-19(20(24,25)10-30-9-17(26)28-19)13-6-11(2-4-14(13)21)7-16(29)15-5-3-12(8-27-15)18(22)23;2-1-3/h2-6,8,18H,7,9-10H2,1H3,(H2,26,28);1H,(H,2,3)/t19-;/m1./s1. The van der Waals surface area contributed by atoms with Crippen molar-refractivity contribution >= 4 is 18.1 Å². The van der Waals surface area contributed by atoms with E-state index >= 15 is 0 Å². The van der Waals surface area contributed by atoms with Gasteiger partial charge in [0.25, 0.3) is 18.8 Å². The molecule has 1 aliphatic rings. The number of aromatic nitrogens is 1. The van der Waals surface area contributed by atoms with Crippen molar-refractivity contribution in [2.45, 2.75) is 31.2 Å². The molecule has 3 N–H and O–H groups in total. The fraction of sp³-hybridized carbons (Fsp3) is 0.333. The van der Waals surface area contributed by atoms with Crippen molar-refractivity contribution in [2.75, 3.05) is 13.2 Å². The van der Waals surface area contributed by atoms with Crippen molar-refractivity contribution in [3.05, 3.63) is 64.7 Å². The zero-order valence-corrected chi connectivity index (χ0v) is 17.3. The topological polar surface area (TPSA) is 115 Å². The van der Waals surface area contributed by atoms with Crippen LogP contribution >= 0.6 is 0 Å². The molecule has 0 spiro atoms. The summed E-state index contributed by atoms with van der Waals surface area (Å²) in [6.07, 6.45) is -2.13. The van der Waals surface area contributed by atoms with Gasteiger partial charge in [0.05, 0.1) is 0 Å². The molecule has 0 aliphatic carbocycles. The van der Waals surface area contributed by atoms with Gasteiger partial charge in [-0.2, -0.15) is 0 Å². The van der Waals surface area contributed by atoms with Crippen LogP contribution in [0.4, 0.5) is 22.0 Å². The molecule has 0 fully saturated rings. The quantitative estimate of drug-likeness (QED) is 0.390. The van der Waals surface area contributed by atoms with Crippen molar-refractivity contribution in [2.24, 2.45) is 10.7 Å². The molecule has 0 amide bonds. The first-order valence-corrected chi connectivity index (χ1v) is 9.39. The Morgan fingerprint density at radius 1 is 1.30 bits per heavy atom. The van der Waals surface area contributed by atoms with Crippen LogP contribution in [0.5, 0.6) is 0 Å². The van der Waals surface area contributed by atoms with Crippen LogP contribution < -0.4 is 5.73 Å². The van der Waals surface area contributed by atoms with Crippen LogP contribution in [0.2, 0.25) is 0 Å². The summed E-state index contributed by atoms with van der Waals surface area (Å²) < 4.78 is 74.0. The SMILES string of the molecule is C[C@]1(c2cc(CC(=O)c3ccc(C(F)F)cn3)ccc2F)N=C(N)COCC1(F)F.O=CO. The first kappa shape index (κ1) is 25.8. The minimum atomic E-state index is -3.57. The Balaban J connectivity index is 0.00000122. The third-order valence-electron chi connectivity index (χ3n) is 4.86. The first-order chi connectivity index (χ1) is 15.4. The lowest BCUT2D eigenvalue weighted by Gasteiger charge is -2.33. The van der Waals surface area contributed by atoms with Crippen LogP contribution in [0.1, 0.15) is 40.5 Å². The van der Waals surface area contributed by atoms with Crippen molar-refractivity contribution in [3.8, 4) is 0 Å². The number of carbonyl (C=O) groups excluding carboxylic acids is 1. The van der Waals surface area contributed by atoms with Gasteiger partial charge in [-0.15, -0.1) is 0 Å². The zero-order valence-electron chi connectivity index (χ0n) is 17.3. The summed E-state index contributed by atoms with van der Waals surface area (Å²) in [5.41, 5.74) is 2.64. The Kier molecular flexibility index (Phi) is 8.20. The number of hydrogen-bond donors (Lipinski definition) is 2. The molecule has 0 unspecified atom stereocenters. The third-order valence-corrected chi connectivity index (χ3v) is 4.86. The van der Waals surface area contributed by atoms with Crippen LogP contribution in [0.25, 0.3) is 0 Å². The van der Waals surface area contributed by atoms with Gasteiger partial charge in [-0.25, -0.2) is 22.0 Å². The van der Waals surface area contributed by atoms with E-state index in [0.717, 1.165) is 37.4 Å². The molecule has 1 atom stereocenters. The lowest BCUT2D eigenvalue weighted by Crippen LogP contribution is -2.45. The van der Waals surface area contributed by atoms with Gasteiger partial charge in [-0.05, 0) is 36.8 Å². The fourth-order valence-corrected chi connectivity index (χ4v) is 3.11. The Morgan fingerprint density at radius 2 is 1.97 bits per heavy atom. The highest BCUT2D eigenvalue weighted by molar-refractivity contribution is 5.95. The number of Topliss-reactive ketones (excluding diaryl/α,β-unsaturated/α-hetero) is 1. The largest absolute Gasteiger partial charge is 0.483 e. The molecule has 33 heavy (non-hydrogen) atoms. The maximum atomic E-state index is 14.7. The van der Waals surface area contributed by atoms with Crippen LogP contribution in [-0.2, 0) is 21.5 Å². The number of benzene rings is 1. The Morgan fingerprint density at radius 3 is 2.55 bits per heavy atom. The number of aliphatic imine (C=N–C) groups is 1. The maximum Gasteiger partial charge on any atom is 0.299 e. The third kappa shape index (κ3) is 5.89.